The highest BCUT2D eigenvalue weighted by molar-refractivity contribution is 5.72. The van der Waals surface area contributed by atoms with Crippen LogP contribution in [-0.4, -0.2) is 56.0 Å². The van der Waals surface area contributed by atoms with Crippen LogP contribution < -0.4 is 5.32 Å². The Balaban J connectivity index is 1.68. The van der Waals surface area contributed by atoms with E-state index in [0.29, 0.717) is 18.3 Å². The molecule has 8 heteroatoms. The van der Waals surface area contributed by atoms with Crippen LogP contribution in [0.5, 0.6) is 0 Å². The molecule has 2 aromatic heterocycles. The molecule has 0 spiro atoms. The van der Waals surface area contributed by atoms with Crippen molar-refractivity contribution in [1.29, 1.82) is 0 Å². The highest BCUT2D eigenvalue weighted by Crippen LogP contribution is 2.20. The molecule has 2 heterocycles. The predicted octanol–water partition coefficient (Wildman–Crippen LogP) is 2.35. The number of aliphatic hydroxyl groups is 1. The zero-order chi connectivity index (χ0) is 20.6. The van der Waals surface area contributed by atoms with E-state index >= 15 is 0 Å². The van der Waals surface area contributed by atoms with Crippen molar-refractivity contribution in [2.24, 2.45) is 0 Å². The summed E-state index contributed by atoms with van der Waals surface area (Å²) in [5, 5.41) is 12.5. The number of carbonyl (C=O) groups is 1. The molecule has 8 nitrogen and oxygen atoms in total. The van der Waals surface area contributed by atoms with Gasteiger partial charge in [0, 0.05) is 43.7 Å². The average molecular weight is 394 g/mol. The molecule has 1 aliphatic rings. The minimum atomic E-state index is 0.0590. The summed E-state index contributed by atoms with van der Waals surface area (Å²) in [5.41, 5.74) is 3.66. The fourth-order valence-corrected chi connectivity index (χ4v) is 3.01. The number of nitrogens with one attached hydrogen (secondary N) is 1. The first-order chi connectivity index (χ1) is 14.0. The van der Waals surface area contributed by atoms with Gasteiger partial charge in [-0.05, 0) is 49.5 Å². The van der Waals surface area contributed by atoms with Gasteiger partial charge in [-0.2, -0.15) is 4.98 Å². The number of nitrogens with zero attached hydrogens (tertiary/aromatic N) is 5. The summed E-state index contributed by atoms with van der Waals surface area (Å²) in [4.78, 5) is 30.4. The van der Waals surface area contributed by atoms with E-state index in [0.717, 1.165) is 48.2 Å². The van der Waals surface area contributed by atoms with Crippen LogP contribution in [0.15, 0.2) is 48.1 Å². The molecule has 0 unspecified atom stereocenters. The molecule has 2 N–H and O–H groups in total. The number of allylic oxidation sites excluding steroid dienone is 2. The number of aliphatic hydroxyl groups excluding tert-OH is 1. The number of pyridine rings is 1. The Morgan fingerprint density at radius 2 is 2.17 bits per heavy atom. The summed E-state index contributed by atoms with van der Waals surface area (Å²) >= 11 is 0. The number of carbonyl (C=O) groups excluding carboxylic acids is 1. The van der Waals surface area contributed by atoms with Crippen molar-refractivity contribution < 1.29 is 9.90 Å². The topological polar surface area (TPSA) is 104 Å². The normalized spacial score (nSPS) is 13.5. The first kappa shape index (κ1) is 20.6. The first-order valence-electron chi connectivity index (χ1n) is 9.68. The van der Waals surface area contributed by atoms with Gasteiger partial charge >= 0.3 is 0 Å². The van der Waals surface area contributed by atoms with Gasteiger partial charge in [0.05, 0.1) is 6.61 Å². The summed E-state index contributed by atoms with van der Waals surface area (Å²) in [5.74, 6) is 1.08. The highest BCUT2D eigenvalue weighted by atomic mass is 16.3. The van der Waals surface area contributed by atoms with Crippen LogP contribution in [0.2, 0.25) is 0 Å². The molecule has 0 saturated carbocycles. The van der Waals surface area contributed by atoms with Crippen LogP contribution in [0.25, 0.3) is 11.4 Å². The fourth-order valence-electron chi connectivity index (χ4n) is 3.01. The number of aryl methyl sites for hydroxylation is 1. The third-order valence-corrected chi connectivity index (χ3v) is 4.76. The molecule has 29 heavy (non-hydrogen) atoms. The lowest BCUT2D eigenvalue weighted by Crippen LogP contribution is -2.25. The molecule has 152 valence electrons. The molecule has 1 amide bonds. The highest BCUT2D eigenvalue weighted by Gasteiger charge is 2.09. The Labute approximate surface area is 170 Å². The standard InChI is InChI=1S/C21H26N6O2/c1-15(29)27(2)10-4-7-18-12-17(8-9-22-18)20-23-14-24-21(26-20)25-19-6-3-5-16(11-19)13-28/h6,8-9,11-12,14,28H,3-5,7,10,13H2,1-2H3,(H,23,24,25,26). The molecule has 0 radical (unpaired) electrons. The van der Waals surface area contributed by atoms with Gasteiger partial charge < -0.3 is 15.3 Å². The predicted molar refractivity (Wildman–Crippen MR) is 111 cm³/mol. The Bertz CT molecular complexity index is 925. The molecule has 1 aliphatic carbocycles. The SMILES string of the molecule is CC(=O)N(C)CCCc1cc(-c2ncnc(NC3=CCCC(CO)=C3)n2)ccn1. The zero-order valence-corrected chi connectivity index (χ0v) is 16.8. The Hall–Kier alpha value is -3.13. The van der Waals surface area contributed by atoms with E-state index in [1.165, 1.54) is 6.33 Å². The van der Waals surface area contributed by atoms with Gasteiger partial charge in [-0.1, -0.05) is 6.08 Å². The van der Waals surface area contributed by atoms with Crippen molar-refractivity contribution in [3.63, 3.8) is 0 Å². The van der Waals surface area contributed by atoms with Gasteiger partial charge in [-0.25, -0.2) is 9.97 Å². The third kappa shape index (κ3) is 5.92. The van der Waals surface area contributed by atoms with Crippen molar-refractivity contribution in [2.45, 2.75) is 32.6 Å². The lowest BCUT2D eigenvalue weighted by molar-refractivity contribution is -0.127. The van der Waals surface area contributed by atoms with Crippen molar-refractivity contribution in [3.05, 3.63) is 53.8 Å². The van der Waals surface area contributed by atoms with Crippen molar-refractivity contribution in [2.75, 3.05) is 25.5 Å². The summed E-state index contributed by atoms with van der Waals surface area (Å²) in [6.45, 7) is 2.32. The van der Waals surface area contributed by atoms with E-state index in [1.807, 2.05) is 18.2 Å². The summed E-state index contributed by atoms with van der Waals surface area (Å²) in [7, 11) is 1.80. The number of hydrogen-bond donors (Lipinski definition) is 2. The maximum Gasteiger partial charge on any atom is 0.230 e. The molecule has 0 aliphatic heterocycles. The van der Waals surface area contributed by atoms with Gasteiger partial charge in [0.25, 0.3) is 0 Å². The van der Waals surface area contributed by atoms with E-state index in [-0.39, 0.29) is 12.5 Å². The molecular weight excluding hydrogens is 368 g/mol. The van der Waals surface area contributed by atoms with Gasteiger partial charge in [-0.3, -0.25) is 9.78 Å². The number of rotatable bonds is 8. The minimum Gasteiger partial charge on any atom is -0.392 e. The summed E-state index contributed by atoms with van der Waals surface area (Å²) in [6, 6.07) is 3.84. The van der Waals surface area contributed by atoms with Gasteiger partial charge in [0.1, 0.15) is 6.33 Å². The molecule has 0 atom stereocenters. The Morgan fingerprint density at radius 3 is 2.97 bits per heavy atom. The van der Waals surface area contributed by atoms with E-state index in [1.54, 1.807) is 25.1 Å². The van der Waals surface area contributed by atoms with Crippen LogP contribution in [0.4, 0.5) is 5.95 Å². The lowest BCUT2D eigenvalue weighted by atomic mass is 10.0. The Kier molecular flexibility index (Phi) is 7.02. The van der Waals surface area contributed by atoms with Crippen molar-refractivity contribution >= 4 is 11.9 Å². The van der Waals surface area contributed by atoms with E-state index in [4.69, 9.17) is 0 Å². The molecule has 0 saturated heterocycles. The van der Waals surface area contributed by atoms with E-state index in [2.05, 4.69) is 31.3 Å². The molecule has 0 bridgehead atoms. The molecule has 0 fully saturated rings. The van der Waals surface area contributed by atoms with Crippen LogP contribution in [-0.2, 0) is 11.2 Å². The average Bonchev–Trinajstić information content (AvgIpc) is 2.74. The van der Waals surface area contributed by atoms with Gasteiger partial charge in [0.15, 0.2) is 5.82 Å². The maximum atomic E-state index is 11.3. The van der Waals surface area contributed by atoms with Gasteiger partial charge in [-0.15, -0.1) is 0 Å². The van der Waals surface area contributed by atoms with Gasteiger partial charge in [0.2, 0.25) is 11.9 Å². The number of anilines is 1. The summed E-state index contributed by atoms with van der Waals surface area (Å²) in [6.07, 6.45) is 10.6. The molecular formula is C21H26N6O2. The van der Waals surface area contributed by atoms with Crippen molar-refractivity contribution in [1.82, 2.24) is 24.8 Å². The molecule has 0 aromatic carbocycles. The first-order valence-corrected chi connectivity index (χ1v) is 9.68. The van der Waals surface area contributed by atoms with Crippen LogP contribution in [0.1, 0.15) is 31.9 Å². The zero-order valence-electron chi connectivity index (χ0n) is 16.8. The second kappa shape index (κ2) is 9.88. The molecule has 3 rings (SSSR count). The van der Waals surface area contributed by atoms with Crippen LogP contribution in [0, 0.1) is 0 Å². The van der Waals surface area contributed by atoms with Crippen LogP contribution >= 0.6 is 0 Å². The third-order valence-electron chi connectivity index (χ3n) is 4.76. The minimum absolute atomic E-state index is 0.0590. The lowest BCUT2D eigenvalue weighted by Gasteiger charge is -2.14. The maximum absolute atomic E-state index is 11.3. The van der Waals surface area contributed by atoms with E-state index < -0.39 is 0 Å². The number of hydrogen-bond acceptors (Lipinski definition) is 7. The van der Waals surface area contributed by atoms with E-state index in [9.17, 15) is 9.90 Å². The smallest absolute Gasteiger partial charge is 0.230 e. The monoisotopic (exact) mass is 394 g/mol. The fraction of sp³-hybridized carbons (Fsp3) is 0.381. The number of amides is 1. The molecule has 2 aromatic rings. The second-order valence-corrected chi connectivity index (χ2v) is 7.00. The van der Waals surface area contributed by atoms with Crippen molar-refractivity contribution in [3.8, 4) is 11.4 Å². The number of aromatic nitrogens is 4. The quantitative estimate of drug-likeness (QED) is 0.708. The van der Waals surface area contributed by atoms with Crippen LogP contribution in [0.3, 0.4) is 0 Å². The largest absolute Gasteiger partial charge is 0.392 e. The Morgan fingerprint density at radius 1 is 1.31 bits per heavy atom. The second-order valence-electron chi connectivity index (χ2n) is 7.00. The summed E-state index contributed by atoms with van der Waals surface area (Å²) < 4.78 is 0.